The Labute approximate surface area is 70.4 Å². The fourth-order valence-corrected chi connectivity index (χ4v) is 0.894. The minimum Gasteiger partial charge on any atom is -0.382 e. The first-order valence-corrected chi connectivity index (χ1v) is 3.40. The molecule has 12 heavy (non-hydrogen) atoms. The van der Waals surface area contributed by atoms with Crippen molar-refractivity contribution in [1.82, 2.24) is 9.55 Å². The van der Waals surface area contributed by atoms with Crippen molar-refractivity contribution in [2.24, 2.45) is 12.8 Å². The number of nitrogens with two attached hydrogens (primary N) is 1. The molecule has 0 amide bonds. The Hall–Kier alpha value is -1.78. The van der Waals surface area contributed by atoms with Crippen LogP contribution in [-0.4, -0.2) is 15.4 Å². The Morgan fingerprint density at radius 2 is 2.58 bits per heavy atom. The quantitative estimate of drug-likeness (QED) is 0.444. The van der Waals surface area contributed by atoms with Crippen LogP contribution in [0.3, 0.4) is 0 Å². The second-order valence-electron chi connectivity index (χ2n) is 2.31. The number of hydrogen-bond acceptors (Lipinski definition) is 3. The number of imidazole rings is 1. The number of nitrogens with one attached hydrogen (secondary N) is 2. The van der Waals surface area contributed by atoms with Gasteiger partial charge in [0.25, 0.3) is 0 Å². The van der Waals surface area contributed by atoms with Gasteiger partial charge in [-0.25, -0.2) is 4.98 Å². The molecular formula is C7H11N5. The molecule has 1 heterocycles. The molecule has 0 bridgehead atoms. The number of anilines is 1. The van der Waals surface area contributed by atoms with Gasteiger partial charge in [0.15, 0.2) is 0 Å². The van der Waals surface area contributed by atoms with Gasteiger partial charge in [-0.05, 0) is 6.20 Å². The minimum atomic E-state index is -0.0556. The van der Waals surface area contributed by atoms with Crippen LogP contribution in [0.5, 0.6) is 0 Å². The summed E-state index contributed by atoms with van der Waals surface area (Å²) in [5.41, 5.74) is 5.73. The van der Waals surface area contributed by atoms with Crippen molar-refractivity contribution >= 4 is 11.7 Å². The van der Waals surface area contributed by atoms with Crippen molar-refractivity contribution < 1.29 is 0 Å². The lowest BCUT2D eigenvalue weighted by Gasteiger charge is -2.02. The number of amidine groups is 1. The lowest BCUT2D eigenvalue weighted by molar-refractivity contribution is 0.921. The van der Waals surface area contributed by atoms with Crippen molar-refractivity contribution in [2.45, 2.75) is 0 Å². The summed E-state index contributed by atoms with van der Waals surface area (Å²) >= 11 is 0. The first-order valence-electron chi connectivity index (χ1n) is 3.40. The van der Waals surface area contributed by atoms with Gasteiger partial charge in [0.1, 0.15) is 17.3 Å². The molecule has 0 saturated heterocycles. The summed E-state index contributed by atoms with van der Waals surface area (Å²) in [7, 11) is 1.81. The van der Waals surface area contributed by atoms with Crippen molar-refractivity contribution in [1.29, 1.82) is 5.41 Å². The van der Waals surface area contributed by atoms with Crippen LogP contribution in [0, 0.1) is 5.41 Å². The maximum absolute atomic E-state index is 7.20. The number of rotatable bonds is 3. The number of aryl methyl sites for hydroxylation is 1. The Bertz CT molecular complexity index is 312. The van der Waals surface area contributed by atoms with E-state index in [9.17, 15) is 0 Å². The van der Waals surface area contributed by atoms with E-state index in [2.05, 4.69) is 16.9 Å². The SMILES string of the molecule is C=CNc1c(C(=N)N)ncn1C. The van der Waals surface area contributed by atoms with Crippen LogP contribution in [0.4, 0.5) is 5.82 Å². The second kappa shape index (κ2) is 3.08. The van der Waals surface area contributed by atoms with Gasteiger partial charge in [-0.2, -0.15) is 0 Å². The zero-order chi connectivity index (χ0) is 9.14. The highest BCUT2D eigenvalue weighted by atomic mass is 15.1. The van der Waals surface area contributed by atoms with Gasteiger partial charge >= 0.3 is 0 Å². The summed E-state index contributed by atoms with van der Waals surface area (Å²) in [6.45, 7) is 3.51. The van der Waals surface area contributed by atoms with Crippen LogP contribution in [0.1, 0.15) is 5.69 Å². The molecule has 1 aromatic heterocycles. The highest BCUT2D eigenvalue weighted by molar-refractivity contribution is 5.97. The molecule has 1 rings (SSSR count). The van der Waals surface area contributed by atoms with Gasteiger partial charge in [-0.1, -0.05) is 6.58 Å². The summed E-state index contributed by atoms with van der Waals surface area (Å²) in [5.74, 6) is 0.623. The molecule has 0 unspecified atom stereocenters. The molecule has 5 heteroatoms. The molecular weight excluding hydrogens is 154 g/mol. The molecule has 0 spiro atoms. The van der Waals surface area contributed by atoms with Gasteiger partial charge < -0.3 is 15.6 Å². The standard InChI is InChI=1S/C7H11N5/c1-3-10-7-5(6(8)9)11-4-12(7)2/h3-4,10H,1H2,2H3,(H3,8,9). The molecule has 0 aromatic carbocycles. The van der Waals surface area contributed by atoms with Crippen LogP contribution in [0.15, 0.2) is 19.1 Å². The lowest BCUT2D eigenvalue weighted by Crippen LogP contribution is -2.14. The average molecular weight is 165 g/mol. The molecule has 0 fully saturated rings. The molecule has 0 aliphatic heterocycles. The molecule has 0 atom stereocenters. The molecule has 4 N–H and O–H groups in total. The fraction of sp³-hybridized carbons (Fsp3) is 0.143. The number of aromatic nitrogens is 2. The van der Waals surface area contributed by atoms with Crippen molar-refractivity contribution in [2.75, 3.05) is 5.32 Å². The van der Waals surface area contributed by atoms with E-state index >= 15 is 0 Å². The Morgan fingerprint density at radius 1 is 1.92 bits per heavy atom. The van der Waals surface area contributed by atoms with E-state index < -0.39 is 0 Å². The van der Waals surface area contributed by atoms with Gasteiger partial charge in [0.2, 0.25) is 0 Å². The van der Waals surface area contributed by atoms with Crippen molar-refractivity contribution in [3.05, 3.63) is 24.8 Å². The molecule has 5 nitrogen and oxygen atoms in total. The monoisotopic (exact) mass is 165 g/mol. The predicted molar refractivity (Wildman–Crippen MR) is 48.0 cm³/mol. The number of nitrogens with zero attached hydrogens (tertiary/aromatic N) is 2. The normalized spacial score (nSPS) is 9.42. The Morgan fingerprint density at radius 3 is 3.08 bits per heavy atom. The number of hydrogen-bond donors (Lipinski definition) is 3. The Kier molecular flexibility index (Phi) is 2.14. The topological polar surface area (TPSA) is 79.7 Å². The summed E-state index contributed by atoms with van der Waals surface area (Å²) in [4.78, 5) is 3.94. The van der Waals surface area contributed by atoms with E-state index in [1.54, 1.807) is 10.9 Å². The first-order chi connectivity index (χ1) is 5.66. The smallest absolute Gasteiger partial charge is 0.147 e. The molecule has 0 saturated carbocycles. The third kappa shape index (κ3) is 1.29. The molecule has 1 aromatic rings. The molecule has 64 valence electrons. The van der Waals surface area contributed by atoms with Gasteiger partial charge in [-0.3, -0.25) is 5.41 Å². The zero-order valence-corrected chi connectivity index (χ0v) is 6.83. The second-order valence-corrected chi connectivity index (χ2v) is 2.31. The lowest BCUT2D eigenvalue weighted by atomic mass is 10.4. The van der Waals surface area contributed by atoms with E-state index in [0.717, 1.165) is 0 Å². The predicted octanol–water partition coefficient (Wildman–Crippen LogP) is 0.260. The average Bonchev–Trinajstić information content (AvgIpc) is 2.34. The zero-order valence-electron chi connectivity index (χ0n) is 6.83. The maximum atomic E-state index is 7.20. The van der Waals surface area contributed by atoms with Crippen LogP contribution in [-0.2, 0) is 7.05 Å². The third-order valence-corrected chi connectivity index (χ3v) is 1.43. The van der Waals surface area contributed by atoms with Crippen molar-refractivity contribution in [3.8, 4) is 0 Å². The van der Waals surface area contributed by atoms with Gasteiger partial charge in [0, 0.05) is 7.05 Å². The van der Waals surface area contributed by atoms with Crippen LogP contribution >= 0.6 is 0 Å². The third-order valence-electron chi connectivity index (χ3n) is 1.43. The van der Waals surface area contributed by atoms with Crippen LogP contribution in [0.2, 0.25) is 0 Å². The maximum Gasteiger partial charge on any atom is 0.147 e. The highest BCUT2D eigenvalue weighted by Crippen LogP contribution is 2.11. The van der Waals surface area contributed by atoms with E-state index in [-0.39, 0.29) is 5.84 Å². The van der Waals surface area contributed by atoms with Crippen molar-refractivity contribution in [3.63, 3.8) is 0 Å². The van der Waals surface area contributed by atoms with Gasteiger partial charge in [-0.15, -0.1) is 0 Å². The van der Waals surface area contributed by atoms with E-state index in [1.807, 2.05) is 7.05 Å². The summed E-state index contributed by atoms with van der Waals surface area (Å²) < 4.78 is 1.73. The van der Waals surface area contributed by atoms with E-state index in [1.165, 1.54) is 6.20 Å². The largest absolute Gasteiger partial charge is 0.382 e. The summed E-state index contributed by atoms with van der Waals surface area (Å²) in [6.07, 6.45) is 3.10. The molecule has 0 aliphatic rings. The van der Waals surface area contributed by atoms with E-state index in [0.29, 0.717) is 11.5 Å². The van der Waals surface area contributed by atoms with Crippen LogP contribution < -0.4 is 11.1 Å². The van der Waals surface area contributed by atoms with E-state index in [4.69, 9.17) is 11.1 Å². The number of nitrogen functional groups attached to an aromatic ring is 1. The van der Waals surface area contributed by atoms with Gasteiger partial charge in [0.05, 0.1) is 6.33 Å². The first kappa shape index (κ1) is 8.32. The minimum absolute atomic E-state index is 0.0556. The molecule has 0 aliphatic carbocycles. The highest BCUT2D eigenvalue weighted by Gasteiger charge is 2.08. The van der Waals surface area contributed by atoms with Crippen LogP contribution in [0.25, 0.3) is 0 Å². The Balaban J connectivity index is 3.11. The fourth-order valence-electron chi connectivity index (χ4n) is 0.894. The summed E-state index contributed by atoms with van der Waals surface area (Å²) in [6, 6.07) is 0. The summed E-state index contributed by atoms with van der Waals surface area (Å²) in [5, 5.41) is 10.0. The molecule has 0 radical (unpaired) electrons.